The Morgan fingerprint density at radius 1 is 0.687 bits per heavy atom. The monoisotopic (exact) mass is 949 g/mol. The Labute approximate surface area is 406 Å². The van der Waals surface area contributed by atoms with Gasteiger partial charge in [0.25, 0.3) is 5.91 Å². The SMILES string of the molecule is O=C1CNC(=O)C(O[SiH3])C(CS)(C(=CCCS)c2ccc(C(c3ccccc3)c3ccccc3)cc2)OOC(=O)CCCNC(=O)C(C(c2ccccc2)(c2ccccc2)c2ccccc2)N1. The zero-order valence-electron chi connectivity index (χ0n) is 37.3. The highest BCUT2D eigenvalue weighted by atomic mass is 32.1. The van der Waals surface area contributed by atoms with E-state index in [1.165, 1.54) is 0 Å². The van der Waals surface area contributed by atoms with Crippen LogP contribution in [0.3, 0.4) is 0 Å². The molecule has 6 aromatic carbocycles. The lowest BCUT2D eigenvalue weighted by molar-refractivity contribution is -0.323. The molecule has 1 aliphatic heterocycles. The Morgan fingerprint density at radius 2 is 1.18 bits per heavy atom. The second-order valence-corrected chi connectivity index (χ2v) is 17.5. The van der Waals surface area contributed by atoms with Crippen LogP contribution in [0.2, 0.25) is 0 Å². The van der Waals surface area contributed by atoms with E-state index in [9.17, 15) is 19.2 Å². The molecule has 0 spiro atoms. The summed E-state index contributed by atoms with van der Waals surface area (Å²) in [6, 6.07) is 55.8. The first-order chi connectivity index (χ1) is 32.8. The smallest absolute Gasteiger partial charge is 0.342 e. The molecule has 7 rings (SSSR count). The molecule has 1 fully saturated rings. The molecule has 0 radical (unpaired) electrons. The van der Waals surface area contributed by atoms with Crippen LogP contribution in [0, 0.1) is 0 Å². The Kier molecular flexibility index (Phi) is 17.1. The molecule has 0 bridgehead atoms. The fourth-order valence-electron chi connectivity index (χ4n) is 9.06. The van der Waals surface area contributed by atoms with Gasteiger partial charge in [0.15, 0.2) is 11.7 Å². The van der Waals surface area contributed by atoms with Crippen molar-refractivity contribution in [3.8, 4) is 0 Å². The fourth-order valence-corrected chi connectivity index (χ4v) is 10.2. The van der Waals surface area contributed by atoms with Crippen LogP contribution in [0.4, 0.5) is 0 Å². The third-order valence-corrected chi connectivity index (χ3v) is 13.3. The second kappa shape index (κ2) is 23.5. The van der Waals surface area contributed by atoms with Gasteiger partial charge >= 0.3 is 5.97 Å². The molecule has 3 N–H and O–H groups in total. The predicted octanol–water partition coefficient (Wildman–Crippen LogP) is 6.92. The zero-order valence-corrected chi connectivity index (χ0v) is 41.0. The van der Waals surface area contributed by atoms with Crippen molar-refractivity contribution in [2.24, 2.45) is 0 Å². The average molecular weight is 950 g/mol. The van der Waals surface area contributed by atoms with Crippen molar-refractivity contribution >= 4 is 65.0 Å². The van der Waals surface area contributed by atoms with Gasteiger partial charge in [-0.2, -0.15) is 30.1 Å². The molecule has 13 heteroatoms. The molecule has 3 unspecified atom stereocenters. The standard InChI is InChI=1S/C54H55N3O7S2Si/c58-46-36-56-52(61)50(63-67)53(37-66,45(28-17-35-65)38-30-32-41(33-31-38)48(39-18-6-1-7-19-39)40-20-8-2-9-21-40)64-62-47(59)29-16-34-55-51(60)49(57-46)54(42-22-10-3-11-23-42,43-24-12-4-13-25-43)44-26-14-5-15-27-44/h1-15,18-28,30-33,48-50,65-66H,16-17,29,34-37H2,67H3,(H,55,60)(H,56,61)(H,57,58). The molecular weight excluding hydrogens is 895 g/mol. The van der Waals surface area contributed by atoms with Gasteiger partial charge in [-0.15, -0.1) is 0 Å². The van der Waals surface area contributed by atoms with Crippen LogP contribution >= 0.6 is 25.3 Å². The van der Waals surface area contributed by atoms with Gasteiger partial charge in [-0.3, -0.25) is 19.3 Å². The third-order valence-electron chi connectivity index (χ3n) is 12.1. The molecule has 3 amide bonds. The molecule has 10 nitrogen and oxygen atoms in total. The molecule has 0 aliphatic carbocycles. The van der Waals surface area contributed by atoms with Crippen molar-refractivity contribution in [1.82, 2.24) is 16.0 Å². The quantitative estimate of drug-likeness (QED) is 0.0368. The lowest BCUT2D eigenvalue weighted by Gasteiger charge is -2.42. The number of carbonyl (C=O) groups is 4. The van der Waals surface area contributed by atoms with E-state index >= 15 is 0 Å². The first-order valence-corrected chi connectivity index (χ1v) is 24.4. The molecule has 67 heavy (non-hydrogen) atoms. The Bertz CT molecular complexity index is 2460. The number of carbonyl (C=O) groups excluding carboxylic acids is 4. The van der Waals surface area contributed by atoms with Crippen LogP contribution in [0.25, 0.3) is 5.57 Å². The molecule has 6 aromatic rings. The average Bonchev–Trinajstić information content (AvgIpc) is 3.38. The minimum absolute atomic E-state index is 0.0385. The van der Waals surface area contributed by atoms with Gasteiger partial charge in [-0.25, -0.2) is 4.79 Å². The summed E-state index contributed by atoms with van der Waals surface area (Å²) in [6.45, 7) is -0.465. The van der Waals surface area contributed by atoms with Gasteiger partial charge in [0.2, 0.25) is 11.8 Å². The Hall–Kier alpha value is -6.22. The minimum Gasteiger partial charge on any atom is -0.414 e. The number of thiol groups is 2. The van der Waals surface area contributed by atoms with Crippen LogP contribution in [-0.4, -0.2) is 76.5 Å². The van der Waals surface area contributed by atoms with Crippen LogP contribution in [0.1, 0.15) is 64.1 Å². The van der Waals surface area contributed by atoms with Gasteiger partial charge < -0.3 is 20.4 Å². The maximum atomic E-state index is 14.7. The number of hydrogen-bond acceptors (Lipinski definition) is 9. The third kappa shape index (κ3) is 11.0. The van der Waals surface area contributed by atoms with Gasteiger partial charge in [0.1, 0.15) is 16.5 Å². The lowest BCUT2D eigenvalue weighted by atomic mass is 9.64. The number of hydrogen-bond donors (Lipinski definition) is 5. The Morgan fingerprint density at radius 3 is 1.66 bits per heavy atom. The minimum atomic E-state index is -1.80. The van der Waals surface area contributed by atoms with Gasteiger partial charge in [-0.1, -0.05) is 182 Å². The van der Waals surface area contributed by atoms with Crippen LogP contribution in [-0.2, 0) is 38.8 Å². The Balaban J connectivity index is 1.27. The van der Waals surface area contributed by atoms with Gasteiger partial charge in [-0.05, 0) is 63.1 Å². The summed E-state index contributed by atoms with van der Waals surface area (Å²) in [4.78, 5) is 69.1. The molecule has 0 saturated carbocycles. The molecule has 1 aliphatic rings. The molecule has 3 atom stereocenters. The van der Waals surface area contributed by atoms with Crippen molar-refractivity contribution in [2.75, 3.05) is 24.6 Å². The summed E-state index contributed by atoms with van der Waals surface area (Å²) in [5.41, 5.74) is 3.61. The largest absolute Gasteiger partial charge is 0.414 e. The lowest BCUT2D eigenvalue weighted by Crippen LogP contribution is -2.61. The van der Waals surface area contributed by atoms with Crippen molar-refractivity contribution in [1.29, 1.82) is 0 Å². The first kappa shape index (κ1) is 48.7. The van der Waals surface area contributed by atoms with Crippen LogP contribution in [0.15, 0.2) is 182 Å². The van der Waals surface area contributed by atoms with Crippen LogP contribution < -0.4 is 16.0 Å². The predicted molar refractivity (Wildman–Crippen MR) is 272 cm³/mol. The van der Waals surface area contributed by atoms with Crippen LogP contribution in [0.5, 0.6) is 0 Å². The topological polar surface area (TPSA) is 132 Å². The summed E-state index contributed by atoms with van der Waals surface area (Å²) < 4.78 is 6.12. The summed E-state index contributed by atoms with van der Waals surface area (Å²) in [6.07, 6.45) is 0.916. The van der Waals surface area contributed by atoms with Crippen molar-refractivity contribution in [3.63, 3.8) is 0 Å². The van der Waals surface area contributed by atoms with Gasteiger partial charge in [0.05, 0.1) is 18.4 Å². The van der Waals surface area contributed by atoms with E-state index in [2.05, 4.69) is 52.8 Å². The van der Waals surface area contributed by atoms with E-state index in [0.29, 0.717) is 23.3 Å². The molecule has 0 aromatic heterocycles. The van der Waals surface area contributed by atoms with E-state index < -0.39 is 53.4 Å². The number of allylic oxidation sites excluding steroid dienone is 1. The normalized spacial score (nSPS) is 19.2. The highest BCUT2D eigenvalue weighted by Gasteiger charge is 2.51. The fraction of sp³-hybridized carbons (Fsp3) is 0.222. The second-order valence-electron chi connectivity index (χ2n) is 16.2. The summed E-state index contributed by atoms with van der Waals surface area (Å²) in [5, 5.41) is 8.79. The van der Waals surface area contributed by atoms with Crippen molar-refractivity contribution < 1.29 is 33.4 Å². The highest BCUT2D eigenvalue weighted by molar-refractivity contribution is 7.80. The number of rotatable bonds is 13. The van der Waals surface area contributed by atoms with E-state index in [-0.39, 0.29) is 41.5 Å². The summed E-state index contributed by atoms with van der Waals surface area (Å²) in [5.74, 6) is -2.36. The number of nitrogens with one attached hydrogen (secondary N) is 3. The van der Waals surface area contributed by atoms with E-state index in [0.717, 1.165) is 33.4 Å². The van der Waals surface area contributed by atoms with Crippen molar-refractivity contribution in [3.05, 3.63) is 221 Å². The van der Waals surface area contributed by atoms with E-state index in [1.54, 1.807) is 0 Å². The van der Waals surface area contributed by atoms with Crippen molar-refractivity contribution in [2.45, 2.75) is 48.3 Å². The van der Waals surface area contributed by atoms with E-state index in [4.69, 9.17) is 26.8 Å². The maximum Gasteiger partial charge on any atom is 0.342 e. The summed E-state index contributed by atoms with van der Waals surface area (Å²) >= 11 is 9.30. The number of amides is 3. The molecular formula is C54H55N3O7S2Si. The van der Waals surface area contributed by atoms with E-state index in [1.807, 2.05) is 158 Å². The summed E-state index contributed by atoms with van der Waals surface area (Å²) in [7, 11) is 0.0385. The van der Waals surface area contributed by atoms with Gasteiger partial charge in [0, 0.05) is 18.2 Å². The molecule has 1 heterocycles. The highest BCUT2D eigenvalue weighted by Crippen LogP contribution is 2.43. The maximum absolute atomic E-state index is 14.7. The zero-order chi connectivity index (χ0) is 47.1. The molecule has 1 saturated heterocycles. The molecule has 344 valence electrons. The first-order valence-electron chi connectivity index (χ1n) is 22.3. The number of benzene rings is 6.